The minimum atomic E-state index is -0.242. The van der Waals surface area contributed by atoms with E-state index in [1.807, 2.05) is 31.2 Å². The second-order valence-electron chi connectivity index (χ2n) is 4.84. The van der Waals surface area contributed by atoms with Crippen molar-refractivity contribution >= 4 is 17.8 Å². The van der Waals surface area contributed by atoms with Crippen LogP contribution in [0.4, 0.5) is 5.69 Å². The van der Waals surface area contributed by atoms with Crippen LogP contribution in [0.15, 0.2) is 47.6 Å². The number of methoxy groups -OCH3 is 1. The Hall–Kier alpha value is -3.02. The highest BCUT2D eigenvalue weighted by Crippen LogP contribution is 2.27. The van der Waals surface area contributed by atoms with Crippen molar-refractivity contribution in [3.8, 4) is 11.5 Å². The fourth-order valence-electron chi connectivity index (χ4n) is 2.01. The molecule has 0 radical (unpaired) electrons. The average Bonchev–Trinajstić information content (AvgIpc) is 2.56. The van der Waals surface area contributed by atoms with Gasteiger partial charge in [0.1, 0.15) is 0 Å². The molecule has 2 aromatic rings. The first kappa shape index (κ1) is 16.4. The number of ether oxygens (including phenoxy) is 2. The van der Waals surface area contributed by atoms with E-state index in [4.69, 9.17) is 15.3 Å². The SMILES string of the molecule is COc1cc(C=NN)ccc1OCC(=O)Nc1ccccc1C. The number of anilines is 1. The zero-order valence-electron chi connectivity index (χ0n) is 13.1. The second-order valence-corrected chi connectivity index (χ2v) is 4.84. The number of hydrogen-bond acceptors (Lipinski definition) is 5. The van der Waals surface area contributed by atoms with E-state index in [2.05, 4.69) is 10.4 Å². The quantitative estimate of drug-likeness (QED) is 0.487. The lowest BCUT2D eigenvalue weighted by molar-refractivity contribution is -0.118. The fourth-order valence-corrected chi connectivity index (χ4v) is 2.01. The van der Waals surface area contributed by atoms with Crippen LogP contribution in [0.3, 0.4) is 0 Å². The summed E-state index contributed by atoms with van der Waals surface area (Å²) < 4.78 is 10.8. The number of rotatable bonds is 6. The monoisotopic (exact) mass is 313 g/mol. The summed E-state index contributed by atoms with van der Waals surface area (Å²) in [6.45, 7) is 1.81. The van der Waals surface area contributed by atoms with E-state index in [0.29, 0.717) is 11.5 Å². The van der Waals surface area contributed by atoms with E-state index in [-0.39, 0.29) is 12.5 Å². The molecule has 23 heavy (non-hydrogen) atoms. The van der Waals surface area contributed by atoms with Crippen LogP contribution in [0, 0.1) is 6.92 Å². The summed E-state index contributed by atoms with van der Waals surface area (Å²) in [6, 6.07) is 12.8. The van der Waals surface area contributed by atoms with E-state index in [9.17, 15) is 4.79 Å². The summed E-state index contributed by atoms with van der Waals surface area (Å²) in [4.78, 5) is 12.0. The van der Waals surface area contributed by atoms with E-state index in [0.717, 1.165) is 16.8 Å². The number of hydrogen-bond donors (Lipinski definition) is 2. The molecule has 0 saturated carbocycles. The first-order valence-electron chi connectivity index (χ1n) is 7.03. The van der Waals surface area contributed by atoms with Crippen molar-refractivity contribution in [1.82, 2.24) is 0 Å². The highest BCUT2D eigenvalue weighted by Gasteiger charge is 2.09. The number of nitrogens with one attached hydrogen (secondary N) is 1. The number of nitrogens with two attached hydrogens (primary N) is 1. The van der Waals surface area contributed by atoms with Crippen LogP contribution >= 0.6 is 0 Å². The molecule has 0 bridgehead atoms. The summed E-state index contributed by atoms with van der Waals surface area (Å²) in [5, 5.41) is 6.26. The van der Waals surface area contributed by atoms with Gasteiger partial charge in [-0.2, -0.15) is 5.10 Å². The van der Waals surface area contributed by atoms with Gasteiger partial charge in [0, 0.05) is 5.69 Å². The minimum absolute atomic E-state index is 0.116. The van der Waals surface area contributed by atoms with Gasteiger partial charge in [-0.3, -0.25) is 4.79 Å². The maximum Gasteiger partial charge on any atom is 0.262 e. The Balaban J connectivity index is 2.00. The summed E-state index contributed by atoms with van der Waals surface area (Å²) in [5.41, 5.74) is 2.53. The Morgan fingerprint density at radius 1 is 1.26 bits per heavy atom. The third-order valence-electron chi connectivity index (χ3n) is 3.19. The predicted molar refractivity (Wildman–Crippen MR) is 90.1 cm³/mol. The number of nitrogens with zero attached hydrogens (tertiary/aromatic N) is 1. The van der Waals surface area contributed by atoms with Gasteiger partial charge in [0.15, 0.2) is 18.1 Å². The van der Waals surface area contributed by atoms with Crippen LogP contribution in [0.2, 0.25) is 0 Å². The van der Waals surface area contributed by atoms with Crippen molar-refractivity contribution in [3.05, 3.63) is 53.6 Å². The molecule has 0 atom stereocenters. The van der Waals surface area contributed by atoms with Gasteiger partial charge < -0.3 is 20.6 Å². The zero-order chi connectivity index (χ0) is 16.7. The smallest absolute Gasteiger partial charge is 0.262 e. The second kappa shape index (κ2) is 7.84. The van der Waals surface area contributed by atoms with Crippen molar-refractivity contribution in [3.63, 3.8) is 0 Å². The molecular formula is C17H19N3O3. The highest BCUT2D eigenvalue weighted by molar-refractivity contribution is 5.92. The lowest BCUT2D eigenvalue weighted by atomic mass is 10.2. The Labute approximate surface area is 134 Å². The van der Waals surface area contributed by atoms with E-state index < -0.39 is 0 Å². The number of amides is 1. The maximum atomic E-state index is 12.0. The Bertz CT molecular complexity index is 714. The summed E-state index contributed by atoms with van der Waals surface area (Å²) in [6.07, 6.45) is 1.50. The van der Waals surface area contributed by atoms with Gasteiger partial charge in [-0.05, 0) is 42.3 Å². The van der Waals surface area contributed by atoms with Gasteiger partial charge in [0.05, 0.1) is 13.3 Å². The van der Waals surface area contributed by atoms with Crippen LogP contribution < -0.4 is 20.6 Å². The number of benzene rings is 2. The lowest BCUT2D eigenvalue weighted by Crippen LogP contribution is -2.20. The Morgan fingerprint density at radius 3 is 2.74 bits per heavy atom. The lowest BCUT2D eigenvalue weighted by Gasteiger charge is -2.12. The molecule has 0 unspecified atom stereocenters. The Kier molecular flexibility index (Phi) is 5.57. The molecule has 0 fully saturated rings. The van der Waals surface area contributed by atoms with Crippen molar-refractivity contribution in [1.29, 1.82) is 0 Å². The predicted octanol–water partition coefficient (Wildman–Crippen LogP) is 2.31. The number of hydrazone groups is 1. The first-order chi connectivity index (χ1) is 11.1. The molecule has 6 heteroatoms. The van der Waals surface area contributed by atoms with Crippen molar-refractivity contribution in [2.24, 2.45) is 10.9 Å². The minimum Gasteiger partial charge on any atom is -0.493 e. The van der Waals surface area contributed by atoms with E-state index in [1.165, 1.54) is 13.3 Å². The molecule has 1 amide bonds. The van der Waals surface area contributed by atoms with Gasteiger partial charge in [0.2, 0.25) is 0 Å². The maximum absolute atomic E-state index is 12.0. The molecule has 0 aliphatic heterocycles. The molecule has 0 aliphatic carbocycles. The summed E-state index contributed by atoms with van der Waals surface area (Å²) in [7, 11) is 1.53. The molecule has 2 aromatic carbocycles. The number of carbonyl (C=O) groups excluding carboxylic acids is 1. The third kappa shape index (κ3) is 4.47. The number of para-hydroxylation sites is 1. The van der Waals surface area contributed by atoms with Gasteiger partial charge >= 0.3 is 0 Å². The van der Waals surface area contributed by atoms with E-state index in [1.54, 1.807) is 18.2 Å². The van der Waals surface area contributed by atoms with Crippen LogP contribution in [-0.4, -0.2) is 25.8 Å². The largest absolute Gasteiger partial charge is 0.493 e. The van der Waals surface area contributed by atoms with Crippen molar-refractivity contribution in [2.75, 3.05) is 19.0 Å². The molecule has 0 heterocycles. The van der Waals surface area contributed by atoms with E-state index >= 15 is 0 Å². The molecule has 0 saturated heterocycles. The molecule has 0 aliphatic rings. The van der Waals surface area contributed by atoms with Crippen molar-refractivity contribution < 1.29 is 14.3 Å². The van der Waals surface area contributed by atoms with Crippen molar-refractivity contribution in [2.45, 2.75) is 6.92 Å². The molecule has 2 rings (SSSR count). The highest BCUT2D eigenvalue weighted by atomic mass is 16.5. The zero-order valence-corrected chi connectivity index (χ0v) is 13.1. The molecule has 120 valence electrons. The molecule has 3 N–H and O–H groups in total. The van der Waals surface area contributed by atoms with Gasteiger partial charge in [-0.1, -0.05) is 18.2 Å². The molecule has 0 aromatic heterocycles. The van der Waals surface area contributed by atoms with Gasteiger partial charge in [0.25, 0.3) is 5.91 Å². The Morgan fingerprint density at radius 2 is 2.04 bits per heavy atom. The van der Waals surface area contributed by atoms with Gasteiger partial charge in [-0.15, -0.1) is 0 Å². The van der Waals surface area contributed by atoms with Crippen LogP contribution in [0.5, 0.6) is 11.5 Å². The van der Waals surface area contributed by atoms with Gasteiger partial charge in [-0.25, -0.2) is 0 Å². The number of aryl methyl sites for hydroxylation is 1. The normalized spacial score (nSPS) is 10.5. The van der Waals surface area contributed by atoms with Crippen LogP contribution in [0.25, 0.3) is 0 Å². The molecule has 6 nitrogen and oxygen atoms in total. The topological polar surface area (TPSA) is 85.9 Å². The summed E-state index contributed by atoms with van der Waals surface area (Å²) >= 11 is 0. The first-order valence-corrected chi connectivity index (χ1v) is 7.03. The molecular weight excluding hydrogens is 294 g/mol. The van der Waals surface area contributed by atoms with Crippen LogP contribution in [-0.2, 0) is 4.79 Å². The average molecular weight is 313 g/mol. The summed E-state index contributed by atoms with van der Waals surface area (Å²) in [5.74, 6) is 5.86. The number of carbonyl (C=O) groups is 1. The fraction of sp³-hybridized carbons (Fsp3) is 0.176. The van der Waals surface area contributed by atoms with Crippen LogP contribution in [0.1, 0.15) is 11.1 Å². The molecule has 0 spiro atoms. The standard InChI is InChI=1S/C17H19N3O3/c1-12-5-3-4-6-14(12)20-17(21)11-23-15-8-7-13(10-19-18)9-16(15)22-2/h3-10H,11,18H2,1-2H3,(H,20,21). The third-order valence-corrected chi connectivity index (χ3v) is 3.19.